The van der Waals surface area contributed by atoms with Gasteiger partial charge in [-0.2, -0.15) is 13.2 Å². The molecule has 7 heteroatoms. The number of nitrogens with zero attached hydrogens (tertiary/aromatic N) is 1. The Balaban J connectivity index is 1.97. The summed E-state index contributed by atoms with van der Waals surface area (Å²) in [4.78, 5) is 25.1. The number of rotatable bonds is 4. The van der Waals surface area contributed by atoms with E-state index in [-0.39, 0.29) is 12.5 Å². The first-order chi connectivity index (χ1) is 11.2. The fraction of sp³-hybridized carbons (Fsp3) is 0.529. The van der Waals surface area contributed by atoms with E-state index in [9.17, 15) is 22.8 Å². The van der Waals surface area contributed by atoms with Gasteiger partial charge in [0.2, 0.25) is 5.91 Å². The van der Waals surface area contributed by atoms with E-state index >= 15 is 0 Å². The van der Waals surface area contributed by atoms with E-state index in [1.54, 1.807) is 11.8 Å². The van der Waals surface area contributed by atoms with Crippen molar-refractivity contribution < 1.29 is 27.9 Å². The smallest absolute Gasteiger partial charge is 0.416 e. The zero-order valence-corrected chi connectivity index (χ0v) is 13.3. The van der Waals surface area contributed by atoms with Crippen LogP contribution in [0.25, 0.3) is 0 Å². The third kappa shape index (κ3) is 4.49. The van der Waals surface area contributed by atoms with Crippen LogP contribution in [-0.4, -0.2) is 35.0 Å². The van der Waals surface area contributed by atoms with Gasteiger partial charge < -0.3 is 10.0 Å². The number of hydrogen-bond donors (Lipinski definition) is 1. The average molecular weight is 343 g/mol. The summed E-state index contributed by atoms with van der Waals surface area (Å²) in [5.41, 5.74) is -0.0683. The minimum absolute atomic E-state index is 0.152. The lowest BCUT2D eigenvalue weighted by Gasteiger charge is -2.32. The average Bonchev–Trinajstić information content (AvgIpc) is 2.53. The van der Waals surface area contributed by atoms with E-state index in [1.807, 2.05) is 0 Å². The fourth-order valence-electron chi connectivity index (χ4n) is 2.96. The topological polar surface area (TPSA) is 57.6 Å². The molecule has 1 N–H and O–H groups in total. The highest BCUT2D eigenvalue weighted by Gasteiger charge is 2.31. The van der Waals surface area contributed by atoms with Crippen LogP contribution in [0, 0.1) is 11.8 Å². The van der Waals surface area contributed by atoms with Gasteiger partial charge in [0.1, 0.15) is 0 Å². The Bertz CT molecular complexity index is 598. The molecule has 0 spiro atoms. The monoisotopic (exact) mass is 343 g/mol. The summed E-state index contributed by atoms with van der Waals surface area (Å²) >= 11 is 0. The quantitative estimate of drug-likeness (QED) is 0.913. The Morgan fingerprint density at radius 3 is 2.46 bits per heavy atom. The van der Waals surface area contributed by atoms with E-state index in [1.165, 1.54) is 12.1 Å². The number of aliphatic carboxylic acids is 1. The molecule has 4 nitrogen and oxygen atoms in total. The number of carbonyl (C=O) groups excluding carboxylic acids is 1. The number of halogens is 3. The molecule has 1 aromatic rings. The predicted octanol–water partition coefficient (Wildman–Crippen LogP) is 3.21. The molecule has 1 amide bonds. The van der Waals surface area contributed by atoms with Crippen molar-refractivity contribution in [2.75, 3.05) is 13.1 Å². The lowest BCUT2D eigenvalue weighted by molar-refractivity contribution is -0.146. The Hall–Kier alpha value is -2.05. The van der Waals surface area contributed by atoms with Crippen LogP contribution in [0.5, 0.6) is 0 Å². The van der Waals surface area contributed by atoms with Crippen molar-refractivity contribution in [3.63, 3.8) is 0 Å². The van der Waals surface area contributed by atoms with Crippen molar-refractivity contribution in [3.05, 3.63) is 35.4 Å². The molecule has 0 aromatic heterocycles. The third-order valence-corrected chi connectivity index (χ3v) is 4.33. The molecule has 24 heavy (non-hydrogen) atoms. The number of alkyl halides is 3. The van der Waals surface area contributed by atoms with Crippen LogP contribution < -0.4 is 0 Å². The number of benzene rings is 1. The zero-order valence-electron chi connectivity index (χ0n) is 13.3. The molecule has 2 atom stereocenters. The normalized spacial score (nSPS) is 19.8. The number of hydrogen-bond acceptors (Lipinski definition) is 2. The third-order valence-electron chi connectivity index (χ3n) is 4.33. The second-order valence-corrected chi connectivity index (χ2v) is 6.26. The van der Waals surface area contributed by atoms with Crippen LogP contribution in [0.3, 0.4) is 0 Å². The summed E-state index contributed by atoms with van der Waals surface area (Å²) in [7, 11) is 0. The Morgan fingerprint density at radius 1 is 1.29 bits per heavy atom. The minimum Gasteiger partial charge on any atom is -0.481 e. The highest BCUT2D eigenvalue weighted by molar-refractivity contribution is 5.80. The van der Waals surface area contributed by atoms with Gasteiger partial charge in [0.05, 0.1) is 11.5 Å². The molecule has 1 aliphatic rings. The van der Waals surface area contributed by atoms with Gasteiger partial charge >= 0.3 is 12.1 Å². The summed E-state index contributed by atoms with van der Waals surface area (Å²) in [6, 6.07) is 4.77. The minimum atomic E-state index is -4.38. The summed E-state index contributed by atoms with van der Waals surface area (Å²) in [5, 5.41) is 9.07. The Morgan fingerprint density at radius 2 is 1.92 bits per heavy atom. The maximum atomic E-state index is 12.5. The highest BCUT2D eigenvalue weighted by Crippen LogP contribution is 2.29. The van der Waals surface area contributed by atoms with Crippen molar-refractivity contribution >= 4 is 11.9 Å². The van der Waals surface area contributed by atoms with Crippen LogP contribution >= 0.6 is 0 Å². The van der Waals surface area contributed by atoms with Crippen molar-refractivity contribution in [1.82, 2.24) is 4.90 Å². The number of amides is 1. The molecule has 0 unspecified atom stereocenters. The van der Waals surface area contributed by atoms with E-state index in [0.717, 1.165) is 12.1 Å². The van der Waals surface area contributed by atoms with Gasteiger partial charge in [0.25, 0.3) is 0 Å². The summed E-state index contributed by atoms with van der Waals surface area (Å²) in [6.07, 6.45) is -2.84. The molecular formula is C17H20F3NO3. The van der Waals surface area contributed by atoms with Gasteiger partial charge in [0, 0.05) is 19.0 Å². The second-order valence-electron chi connectivity index (χ2n) is 6.26. The Labute approximate surface area is 138 Å². The molecule has 132 valence electrons. The molecule has 1 heterocycles. The van der Waals surface area contributed by atoms with E-state index in [2.05, 4.69) is 0 Å². The molecule has 1 aliphatic heterocycles. The maximum Gasteiger partial charge on any atom is 0.416 e. The SMILES string of the molecule is C[C@@H](Cc1ccc(C(F)(F)F)cc1)C(=O)N1CCC[C@@H](C(=O)O)C1. The van der Waals surface area contributed by atoms with Crippen molar-refractivity contribution in [2.24, 2.45) is 11.8 Å². The highest BCUT2D eigenvalue weighted by atomic mass is 19.4. The van der Waals surface area contributed by atoms with Gasteiger partial charge in [-0.15, -0.1) is 0 Å². The predicted molar refractivity (Wildman–Crippen MR) is 81.3 cm³/mol. The lowest BCUT2D eigenvalue weighted by atomic mass is 9.94. The summed E-state index contributed by atoms with van der Waals surface area (Å²) < 4.78 is 37.6. The second kappa shape index (κ2) is 7.23. The molecule has 0 radical (unpaired) electrons. The largest absolute Gasteiger partial charge is 0.481 e. The molecule has 1 fully saturated rings. The summed E-state index contributed by atoms with van der Waals surface area (Å²) in [6.45, 7) is 2.44. The first-order valence-corrected chi connectivity index (χ1v) is 7.86. The first kappa shape index (κ1) is 18.3. The maximum absolute atomic E-state index is 12.5. The lowest BCUT2D eigenvalue weighted by Crippen LogP contribution is -2.44. The number of carboxylic acids is 1. The van der Waals surface area contributed by atoms with Gasteiger partial charge in [-0.25, -0.2) is 0 Å². The van der Waals surface area contributed by atoms with Crippen LogP contribution in [0.1, 0.15) is 30.9 Å². The fourth-order valence-corrected chi connectivity index (χ4v) is 2.96. The van der Waals surface area contributed by atoms with Crippen LogP contribution in [0.4, 0.5) is 13.2 Å². The van der Waals surface area contributed by atoms with E-state index in [4.69, 9.17) is 5.11 Å². The van der Waals surface area contributed by atoms with Gasteiger partial charge in [-0.3, -0.25) is 9.59 Å². The molecule has 2 rings (SSSR count). The van der Waals surface area contributed by atoms with Crippen LogP contribution in [-0.2, 0) is 22.2 Å². The first-order valence-electron chi connectivity index (χ1n) is 7.86. The van der Waals surface area contributed by atoms with Crippen molar-refractivity contribution in [3.8, 4) is 0 Å². The van der Waals surface area contributed by atoms with Crippen molar-refractivity contribution in [1.29, 1.82) is 0 Å². The van der Waals surface area contributed by atoms with Gasteiger partial charge in [-0.05, 0) is 37.0 Å². The molecule has 0 saturated carbocycles. The zero-order chi connectivity index (χ0) is 17.9. The molecule has 1 aromatic carbocycles. The molecule has 0 bridgehead atoms. The molecule has 1 saturated heterocycles. The summed E-state index contributed by atoms with van der Waals surface area (Å²) in [5.74, 6) is -2.00. The number of piperidine rings is 1. The van der Waals surface area contributed by atoms with Crippen LogP contribution in [0.2, 0.25) is 0 Å². The number of carboxylic acid groups (broad SMARTS) is 1. The number of carbonyl (C=O) groups is 2. The van der Waals surface area contributed by atoms with Crippen LogP contribution in [0.15, 0.2) is 24.3 Å². The molecule has 0 aliphatic carbocycles. The van der Waals surface area contributed by atoms with E-state index in [0.29, 0.717) is 31.4 Å². The standard InChI is InChI=1S/C17H20F3NO3/c1-11(9-12-4-6-14(7-5-12)17(18,19)20)15(22)21-8-2-3-13(10-21)16(23)24/h4-7,11,13H,2-3,8-10H2,1H3,(H,23,24)/t11-,13+/m0/s1. The molecular weight excluding hydrogens is 323 g/mol. The van der Waals surface area contributed by atoms with Gasteiger partial charge in [-0.1, -0.05) is 19.1 Å². The van der Waals surface area contributed by atoms with Crippen molar-refractivity contribution in [2.45, 2.75) is 32.4 Å². The Kier molecular flexibility index (Phi) is 5.51. The van der Waals surface area contributed by atoms with Gasteiger partial charge in [0.15, 0.2) is 0 Å². The van der Waals surface area contributed by atoms with E-state index < -0.39 is 29.5 Å². The number of likely N-dealkylation sites (tertiary alicyclic amines) is 1.